The van der Waals surface area contributed by atoms with E-state index in [-0.39, 0.29) is 23.9 Å². The number of hydrogen-bond donors (Lipinski definition) is 2. The van der Waals surface area contributed by atoms with Gasteiger partial charge in [-0.25, -0.2) is 14.8 Å². The van der Waals surface area contributed by atoms with Gasteiger partial charge in [0.15, 0.2) is 0 Å². The molecule has 2 heterocycles. The number of nitrogens with one attached hydrogen (secondary N) is 2. The van der Waals surface area contributed by atoms with Crippen molar-refractivity contribution in [2.45, 2.75) is 6.92 Å². The highest BCUT2D eigenvalue weighted by molar-refractivity contribution is 5.93. The molecule has 0 spiro atoms. The lowest BCUT2D eigenvalue weighted by atomic mass is 10.2. The lowest BCUT2D eigenvalue weighted by Crippen LogP contribution is -2.06. The minimum atomic E-state index is -0.559. The summed E-state index contributed by atoms with van der Waals surface area (Å²) < 4.78 is 4.96. The predicted octanol–water partition coefficient (Wildman–Crippen LogP) is 4.60. The Morgan fingerprint density at radius 1 is 1.00 bits per heavy atom. The first kappa shape index (κ1) is 20.7. The van der Waals surface area contributed by atoms with Crippen molar-refractivity contribution < 1.29 is 14.5 Å². The van der Waals surface area contributed by atoms with Gasteiger partial charge in [0.05, 0.1) is 28.3 Å². The van der Waals surface area contributed by atoms with Crippen LogP contribution in [0.4, 0.5) is 28.7 Å². The SMILES string of the molecule is CCOC(=O)c1ccc(Nc2ncnc(Nc3cccc4cccnc34)c2[N+](=O)[O-])cc1. The maximum atomic E-state index is 11.9. The molecule has 0 saturated heterocycles. The quantitative estimate of drug-likeness (QED) is 0.245. The minimum Gasteiger partial charge on any atom is -0.462 e. The van der Waals surface area contributed by atoms with Crippen molar-refractivity contribution in [2.24, 2.45) is 0 Å². The summed E-state index contributed by atoms with van der Waals surface area (Å²) in [5.74, 6) is -0.416. The number of ether oxygens (including phenoxy) is 1. The van der Waals surface area contributed by atoms with E-state index in [0.29, 0.717) is 22.5 Å². The number of anilines is 4. The van der Waals surface area contributed by atoms with Crippen molar-refractivity contribution in [3.05, 3.63) is 82.8 Å². The molecule has 0 aliphatic heterocycles. The number of hydrogen-bond acceptors (Lipinski definition) is 9. The second-order valence-electron chi connectivity index (χ2n) is 6.61. The van der Waals surface area contributed by atoms with E-state index in [2.05, 4.69) is 25.6 Å². The van der Waals surface area contributed by atoms with Gasteiger partial charge in [0.1, 0.15) is 6.33 Å². The Bertz CT molecular complexity index is 1290. The fraction of sp³-hybridized carbons (Fsp3) is 0.0909. The molecule has 0 radical (unpaired) electrons. The van der Waals surface area contributed by atoms with Crippen LogP contribution in [0.15, 0.2) is 67.1 Å². The highest BCUT2D eigenvalue weighted by atomic mass is 16.6. The zero-order valence-corrected chi connectivity index (χ0v) is 17.0. The van der Waals surface area contributed by atoms with Crippen molar-refractivity contribution in [1.82, 2.24) is 15.0 Å². The first-order chi connectivity index (χ1) is 15.6. The molecule has 2 aromatic heterocycles. The first-order valence-corrected chi connectivity index (χ1v) is 9.71. The van der Waals surface area contributed by atoms with Gasteiger partial charge in [-0.2, -0.15) is 0 Å². The van der Waals surface area contributed by atoms with Gasteiger partial charge < -0.3 is 15.4 Å². The maximum Gasteiger partial charge on any atom is 0.353 e. The van der Waals surface area contributed by atoms with E-state index in [1.165, 1.54) is 6.33 Å². The highest BCUT2D eigenvalue weighted by Crippen LogP contribution is 2.34. The Labute approximate surface area is 182 Å². The van der Waals surface area contributed by atoms with E-state index in [1.807, 2.05) is 24.3 Å². The summed E-state index contributed by atoms with van der Waals surface area (Å²) >= 11 is 0. The normalized spacial score (nSPS) is 10.5. The Balaban J connectivity index is 1.65. The van der Waals surface area contributed by atoms with Gasteiger partial charge in [-0.05, 0) is 43.3 Å². The summed E-state index contributed by atoms with van der Waals surface area (Å²) in [6, 6.07) is 15.5. The third kappa shape index (κ3) is 4.29. The summed E-state index contributed by atoms with van der Waals surface area (Å²) in [6.07, 6.45) is 2.87. The number of pyridine rings is 1. The number of carbonyl (C=O) groups is 1. The van der Waals surface area contributed by atoms with Crippen molar-refractivity contribution in [2.75, 3.05) is 17.2 Å². The Morgan fingerprint density at radius 2 is 1.72 bits per heavy atom. The Morgan fingerprint density at radius 3 is 2.44 bits per heavy atom. The first-order valence-electron chi connectivity index (χ1n) is 9.71. The molecule has 0 unspecified atom stereocenters. The third-order valence-electron chi connectivity index (χ3n) is 4.55. The summed E-state index contributed by atoms with van der Waals surface area (Å²) in [7, 11) is 0. The molecule has 0 aliphatic carbocycles. The number of benzene rings is 2. The molecule has 10 nitrogen and oxygen atoms in total. The minimum absolute atomic E-state index is 0.00424. The smallest absolute Gasteiger partial charge is 0.353 e. The maximum absolute atomic E-state index is 11.9. The molecule has 2 N–H and O–H groups in total. The summed E-state index contributed by atoms with van der Waals surface area (Å²) in [5.41, 5.74) is 1.80. The van der Waals surface area contributed by atoms with Crippen LogP contribution in [0.25, 0.3) is 10.9 Å². The van der Waals surface area contributed by atoms with Crippen LogP contribution in [0.5, 0.6) is 0 Å². The zero-order valence-electron chi connectivity index (χ0n) is 17.0. The molecular weight excluding hydrogens is 412 g/mol. The second-order valence-corrected chi connectivity index (χ2v) is 6.61. The third-order valence-corrected chi connectivity index (χ3v) is 4.55. The van der Waals surface area contributed by atoms with Crippen molar-refractivity contribution >= 4 is 45.6 Å². The van der Waals surface area contributed by atoms with E-state index in [1.54, 1.807) is 43.5 Å². The molecule has 160 valence electrons. The van der Waals surface area contributed by atoms with Gasteiger partial charge in [-0.15, -0.1) is 0 Å². The van der Waals surface area contributed by atoms with Crippen molar-refractivity contribution in [1.29, 1.82) is 0 Å². The summed E-state index contributed by atoms with van der Waals surface area (Å²) in [6.45, 7) is 2.00. The molecule has 32 heavy (non-hydrogen) atoms. The van der Waals surface area contributed by atoms with E-state index >= 15 is 0 Å². The number of nitrogens with zero attached hydrogens (tertiary/aromatic N) is 4. The van der Waals surface area contributed by atoms with Gasteiger partial charge in [0, 0.05) is 17.3 Å². The van der Waals surface area contributed by atoms with Crippen LogP contribution in [-0.4, -0.2) is 32.5 Å². The summed E-state index contributed by atoms with van der Waals surface area (Å²) in [4.78, 5) is 35.6. The number of carbonyl (C=O) groups excluding carboxylic acids is 1. The average molecular weight is 430 g/mol. The molecule has 10 heteroatoms. The van der Waals surface area contributed by atoms with E-state index in [9.17, 15) is 14.9 Å². The van der Waals surface area contributed by atoms with Gasteiger partial charge >= 0.3 is 11.7 Å². The molecule has 0 aliphatic rings. The van der Waals surface area contributed by atoms with Crippen LogP contribution >= 0.6 is 0 Å². The van der Waals surface area contributed by atoms with Gasteiger partial charge in [-0.1, -0.05) is 18.2 Å². The van der Waals surface area contributed by atoms with Crippen LogP contribution < -0.4 is 10.6 Å². The molecule has 0 fully saturated rings. The molecule has 0 atom stereocenters. The van der Waals surface area contributed by atoms with Crippen LogP contribution in [-0.2, 0) is 4.74 Å². The van der Waals surface area contributed by atoms with Gasteiger partial charge in [0.25, 0.3) is 0 Å². The van der Waals surface area contributed by atoms with Crippen molar-refractivity contribution in [3.63, 3.8) is 0 Å². The number of fused-ring (bicyclic) bond motifs is 1. The number of esters is 1. The predicted molar refractivity (Wildman–Crippen MR) is 119 cm³/mol. The van der Waals surface area contributed by atoms with E-state index in [0.717, 1.165) is 5.39 Å². The van der Waals surface area contributed by atoms with Gasteiger partial charge in [0.2, 0.25) is 11.6 Å². The Kier molecular flexibility index (Phi) is 5.84. The number of aromatic nitrogens is 3. The van der Waals surface area contributed by atoms with E-state index < -0.39 is 10.9 Å². The highest BCUT2D eigenvalue weighted by Gasteiger charge is 2.24. The number of nitro groups is 1. The van der Waals surface area contributed by atoms with Crippen LogP contribution in [0.2, 0.25) is 0 Å². The molecule has 4 rings (SSSR count). The molecule has 0 amide bonds. The summed E-state index contributed by atoms with van der Waals surface area (Å²) in [5, 5.41) is 18.7. The fourth-order valence-electron chi connectivity index (χ4n) is 3.11. The monoisotopic (exact) mass is 430 g/mol. The lowest BCUT2D eigenvalue weighted by molar-refractivity contribution is -0.383. The molecule has 0 bridgehead atoms. The van der Waals surface area contributed by atoms with Gasteiger partial charge in [-0.3, -0.25) is 15.1 Å². The van der Waals surface area contributed by atoms with Crippen LogP contribution in [0.3, 0.4) is 0 Å². The van der Waals surface area contributed by atoms with Crippen LogP contribution in [0.1, 0.15) is 17.3 Å². The van der Waals surface area contributed by atoms with E-state index in [4.69, 9.17) is 4.74 Å². The standard InChI is InChI=1S/C22H18N6O4/c1-2-32-22(29)15-8-10-16(11-9-15)26-20-19(28(30)31)21(25-13-24-20)27-17-7-3-5-14-6-4-12-23-18(14)17/h3-13H,2H2,1H3,(H2,24,25,26,27). The lowest BCUT2D eigenvalue weighted by Gasteiger charge is -2.11. The largest absolute Gasteiger partial charge is 0.462 e. The molecule has 4 aromatic rings. The second kappa shape index (κ2) is 9.04. The molecule has 0 saturated carbocycles. The fourth-order valence-corrected chi connectivity index (χ4v) is 3.11. The number of para-hydroxylation sites is 1. The van der Waals surface area contributed by atoms with Crippen LogP contribution in [0, 0.1) is 10.1 Å². The molecular formula is C22H18N6O4. The van der Waals surface area contributed by atoms with Crippen molar-refractivity contribution in [3.8, 4) is 0 Å². The molecule has 2 aromatic carbocycles. The zero-order chi connectivity index (χ0) is 22.5. The number of rotatable bonds is 7. The topological polar surface area (TPSA) is 132 Å². The Hall–Kier alpha value is -4.60. The average Bonchev–Trinajstić information content (AvgIpc) is 2.80.